The first kappa shape index (κ1) is 18.7. The number of H-pyrrole nitrogens is 1. The van der Waals surface area contributed by atoms with Crippen LogP contribution in [0, 0.1) is 0 Å². The summed E-state index contributed by atoms with van der Waals surface area (Å²) in [5.41, 5.74) is 1.94. The maximum Gasteiger partial charge on any atom is 0.374 e. The first-order valence-corrected chi connectivity index (χ1v) is 8.47. The number of hydrogen-bond acceptors (Lipinski definition) is 3. The summed E-state index contributed by atoms with van der Waals surface area (Å²) < 4.78 is 5.30. The van der Waals surface area contributed by atoms with Crippen LogP contribution in [0.4, 0.5) is 0 Å². The molecule has 0 aromatic carbocycles. The number of nitrogens with one attached hydrogen (secondary N) is 1. The predicted molar refractivity (Wildman–Crippen MR) is 90.4 cm³/mol. The number of aromatic nitrogens is 2. The average molecular weight is 308 g/mol. The zero-order chi connectivity index (χ0) is 17.0. The molecule has 0 amide bonds. The first-order valence-electron chi connectivity index (χ1n) is 8.47. The summed E-state index contributed by atoms with van der Waals surface area (Å²) in [6.45, 7) is 15.5. The number of imidazole rings is 1. The Labute approximate surface area is 135 Å². The fourth-order valence-corrected chi connectivity index (χ4v) is 2.17. The Morgan fingerprint density at radius 2 is 1.68 bits per heavy atom. The maximum atomic E-state index is 12.2. The average Bonchev–Trinajstić information content (AvgIpc) is 2.94. The van der Waals surface area contributed by atoms with Crippen LogP contribution < -0.4 is 0 Å². The van der Waals surface area contributed by atoms with Gasteiger partial charge in [0.05, 0.1) is 12.3 Å². The molecule has 0 fully saturated rings. The summed E-state index contributed by atoms with van der Waals surface area (Å²) in [6.07, 6.45) is 3.84. The van der Waals surface area contributed by atoms with E-state index >= 15 is 0 Å². The highest BCUT2D eigenvalue weighted by molar-refractivity contribution is 5.85. The number of carbonyl (C=O) groups excluding carboxylic acids is 1. The molecule has 0 saturated heterocycles. The monoisotopic (exact) mass is 308 g/mol. The lowest BCUT2D eigenvalue weighted by molar-refractivity contribution is 0.0486. The lowest BCUT2D eigenvalue weighted by Gasteiger charge is -2.28. The second-order valence-corrected chi connectivity index (χ2v) is 7.27. The van der Waals surface area contributed by atoms with Crippen molar-refractivity contribution in [2.75, 3.05) is 6.61 Å². The van der Waals surface area contributed by atoms with Crippen LogP contribution in [0.5, 0.6) is 0 Å². The predicted octanol–water partition coefficient (Wildman–Crippen LogP) is 4.74. The van der Waals surface area contributed by atoms with Gasteiger partial charge in [0.2, 0.25) is 5.82 Å². The van der Waals surface area contributed by atoms with Crippen molar-refractivity contribution in [3.05, 3.63) is 17.2 Å². The number of hydrogen-bond donors (Lipinski definition) is 1. The minimum absolute atomic E-state index is 0.0449. The van der Waals surface area contributed by atoms with Crippen molar-refractivity contribution in [2.45, 2.75) is 85.0 Å². The third kappa shape index (κ3) is 4.11. The Kier molecular flexibility index (Phi) is 6.21. The van der Waals surface area contributed by atoms with E-state index in [-0.39, 0.29) is 16.8 Å². The molecular weight excluding hydrogens is 276 g/mol. The molecule has 0 aliphatic carbocycles. The van der Waals surface area contributed by atoms with Crippen molar-refractivity contribution in [1.29, 1.82) is 0 Å². The lowest BCUT2D eigenvalue weighted by Crippen LogP contribution is -2.25. The first-order chi connectivity index (χ1) is 10.2. The molecule has 1 aromatic heterocycles. The smallest absolute Gasteiger partial charge is 0.374 e. The fourth-order valence-electron chi connectivity index (χ4n) is 2.17. The van der Waals surface area contributed by atoms with Gasteiger partial charge in [-0.15, -0.1) is 0 Å². The second kappa shape index (κ2) is 7.30. The van der Waals surface area contributed by atoms with E-state index in [0.717, 1.165) is 37.1 Å². The molecule has 0 radical (unpaired) electrons. The summed E-state index contributed by atoms with van der Waals surface area (Å²) >= 11 is 0. The van der Waals surface area contributed by atoms with Gasteiger partial charge in [-0.3, -0.25) is 0 Å². The van der Waals surface area contributed by atoms with Crippen LogP contribution in [0.25, 0.3) is 0 Å². The quantitative estimate of drug-likeness (QED) is 0.557. The summed E-state index contributed by atoms with van der Waals surface area (Å²) in [5.74, 6) is -0.0103. The second-order valence-electron chi connectivity index (χ2n) is 7.27. The van der Waals surface area contributed by atoms with Crippen LogP contribution in [-0.4, -0.2) is 22.5 Å². The van der Waals surface area contributed by atoms with Crippen molar-refractivity contribution >= 4 is 5.97 Å². The van der Waals surface area contributed by atoms with Gasteiger partial charge < -0.3 is 9.72 Å². The molecule has 22 heavy (non-hydrogen) atoms. The van der Waals surface area contributed by atoms with Gasteiger partial charge in [-0.1, -0.05) is 54.9 Å². The molecule has 0 unspecified atom stereocenters. The number of ether oxygens (including phenoxy) is 1. The Balaban J connectivity index is 3.18. The molecular formula is C18H32N2O2. The molecule has 0 saturated carbocycles. The molecule has 4 nitrogen and oxygen atoms in total. The highest BCUT2D eigenvalue weighted by Gasteiger charge is 2.34. The Morgan fingerprint density at radius 3 is 2.18 bits per heavy atom. The van der Waals surface area contributed by atoms with E-state index in [2.05, 4.69) is 58.4 Å². The normalized spacial score (nSPS) is 12.5. The zero-order valence-corrected chi connectivity index (χ0v) is 15.3. The van der Waals surface area contributed by atoms with E-state index < -0.39 is 0 Å². The largest absolute Gasteiger partial charge is 0.460 e. The standard InChI is InChI=1S/C18H32N2O2/c1-8-11-12-22-16(21)15-19-13(17(4,5)9-2)14(20-15)18(6,7)10-3/h8-12H2,1-7H3,(H,19,20). The number of rotatable bonds is 8. The van der Waals surface area contributed by atoms with Crippen LogP contribution in [-0.2, 0) is 15.6 Å². The summed E-state index contributed by atoms with van der Waals surface area (Å²) in [6, 6.07) is 0. The third-order valence-electron chi connectivity index (χ3n) is 4.71. The van der Waals surface area contributed by atoms with Crippen molar-refractivity contribution < 1.29 is 9.53 Å². The molecule has 1 aromatic rings. The Morgan fingerprint density at radius 1 is 1.09 bits per heavy atom. The van der Waals surface area contributed by atoms with Gasteiger partial charge in [-0.2, -0.15) is 0 Å². The minimum Gasteiger partial charge on any atom is -0.460 e. The highest BCUT2D eigenvalue weighted by Crippen LogP contribution is 2.36. The number of nitrogens with zero attached hydrogens (tertiary/aromatic N) is 1. The highest BCUT2D eigenvalue weighted by atomic mass is 16.5. The van der Waals surface area contributed by atoms with Crippen LogP contribution in [0.1, 0.15) is 96.2 Å². The summed E-state index contributed by atoms with van der Waals surface area (Å²) in [7, 11) is 0. The molecule has 1 heterocycles. The van der Waals surface area contributed by atoms with Crippen molar-refractivity contribution in [2.24, 2.45) is 0 Å². The van der Waals surface area contributed by atoms with E-state index in [9.17, 15) is 4.79 Å². The molecule has 1 N–H and O–H groups in total. The summed E-state index contributed by atoms with van der Waals surface area (Å²) in [5, 5.41) is 0. The van der Waals surface area contributed by atoms with Gasteiger partial charge in [0, 0.05) is 16.5 Å². The number of esters is 1. The van der Waals surface area contributed by atoms with Crippen molar-refractivity contribution in [3.63, 3.8) is 0 Å². The van der Waals surface area contributed by atoms with E-state index in [1.165, 1.54) is 0 Å². The molecule has 0 atom stereocenters. The van der Waals surface area contributed by atoms with Crippen molar-refractivity contribution in [1.82, 2.24) is 9.97 Å². The van der Waals surface area contributed by atoms with Crippen LogP contribution in [0.2, 0.25) is 0 Å². The SMILES string of the molecule is CCCCOC(=O)c1nc(C(C)(C)CC)c(C(C)(C)CC)[nH]1. The molecule has 0 bridgehead atoms. The van der Waals surface area contributed by atoms with Crippen LogP contribution in [0.3, 0.4) is 0 Å². The lowest BCUT2D eigenvalue weighted by atomic mass is 9.77. The van der Waals surface area contributed by atoms with E-state index in [4.69, 9.17) is 4.74 Å². The number of carbonyl (C=O) groups is 1. The molecule has 0 aliphatic heterocycles. The third-order valence-corrected chi connectivity index (χ3v) is 4.71. The van der Waals surface area contributed by atoms with Crippen molar-refractivity contribution in [3.8, 4) is 0 Å². The fraction of sp³-hybridized carbons (Fsp3) is 0.778. The van der Waals surface area contributed by atoms with E-state index in [1.807, 2.05) is 0 Å². The van der Waals surface area contributed by atoms with Gasteiger partial charge >= 0.3 is 5.97 Å². The van der Waals surface area contributed by atoms with Crippen LogP contribution in [0.15, 0.2) is 0 Å². The van der Waals surface area contributed by atoms with Gasteiger partial charge in [0.1, 0.15) is 0 Å². The molecule has 4 heteroatoms. The van der Waals surface area contributed by atoms with Gasteiger partial charge in [0.15, 0.2) is 0 Å². The molecule has 0 spiro atoms. The number of unbranched alkanes of at least 4 members (excludes halogenated alkanes) is 1. The van der Waals surface area contributed by atoms with E-state index in [0.29, 0.717) is 12.4 Å². The molecule has 0 aliphatic rings. The van der Waals surface area contributed by atoms with Gasteiger partial charge in [0.25, 0.3) is 0 Å². The Bertz CT molecular complexity index is 468. The van der Waals surface area contributed by atoms with E-state index in [1.54, 1.807) is 0 Å². The van der Waals surface area contributed by atoms with Crippen LogP contribution >= 0.6 is 0 Å². The summed E-state index contributed by atoms with van der Waals surface area (Å²) in [4.78, 5) is 20.1. The minimum atomic E-state index is -0.347. The zero-order valence-electron chi connectivity index (χ0n) is 15.3. The molecule has 126 valence electrons. The number of aromatic amines is 1. The molecule has 1 rings (SSSR count). The Hall–Kier alpha value is -1.32. The topological polar surface area (TPSA) is 55.0 Å². The maximum absolute atomic E-state index is 12.2. The van der Waals surface area contributed by atoms with Gasteiger partial charge in [-0.05, 0) is 19.3 Å². The van der Waals surface area contributed by atoms with Gasteiger partial charge in [-0.25, -0.2) is 9.78 Å².